The van der Waals surface area contributed by atoms with E-state index in [-0.39, 0.29) is 29.3 Å². The Morgan fingerprint density at radius 3 is 2.21 bits per heavy atom. The Bertz CT molecular complexity index is 1320. The molecule has 0 aliphatic heterocycles. The van der Waals surface area contributed by atoms with Gasteiger partial charge in [-0.1, -0.05) is 54.6 Å². The highest BCUT2D eigenvalue weighted by molar-refractivity contribution is 5.92. The summed E-state index contributed by atoms with van der Waals surface area (Å²) < 4.78 is 0. The molecule has 2 amide bonds. The van der Waals surface area contributed by atoms with E-state index in [1.165, 1.54) is 12.0 Å². The molecule has 0 bridgehead atoms. The van der Waals surface area contributed by atoms with E-state index in [9.17, 15) is 9.59 Å². The van der Waals surface area contributed by atoms with Gasteiger partial charge in [0.05, 0.1) is 0 Å². The van der Waals surface area contributed by atoms with Gasteiger partial charge in [0.1, 0.15) is 5.82 Å². The van der Waals surface area contributed by atoms with E-state index in [4.69, 9.17) is 5.73 Å². The molecule has 0 atom stereocenters. The third-order valence-corrected chi connectivity index (χ3v) is 8.89. The SMILES string of the molecule is NC1(c2ccc(-c3cnc(NC(=O)CC4CCC(NC(=O)C5CC5)CC4)cc3-c3ccccc3)cc2)CCC1. The molecule has 6 heteroatoms. The van der Waals surface area contributed by atoms with Crippen LogP contribution in [0, 0.1) is 11.8 Å². The van der Waals surface area contributed by atoms with Crippen LogP contribution in [0.1, 0.15) is 69.8 Å². The normalized spacial score (nSPS) is 22.0. The van der Waals surface area contributed by atoms with E-state index in [0.29, 0.717) is 18.2 Å². The number of benzene rings is 2. The summed E-state index contributed by atoms with van der Waals surface area (Å²) in [6, 6.07) is 21.0. The fourth-order valence-electron chi connectivity index (χ4n) is 6.07. The van der Waals surface area contributed by atoms with Gasteiger partial charge in [0.2, 0.25) is 11.8 Å². The lowest BCUT2D eigenvalue weighted by atomic mass is 9.72. The van der Waals surface area contributed by atoms with E-state index >= 15 is 0 Å². The van der Waals surface area contributed by atoms with E-state index in [1.54, 1.807) is 0 Å². The van der Waals surface area contributed by atoms with Gasteiger partial charge in [-0.05, 0) is 92.0 Å². The minimum atomic E-state index is -0.184. The number of rotatable bonds is 8. The number of anilines is 1. The van der Waals surface area contributed by atoms with Gasteiger partial charge in [-0.25, -0.2) is 4.98 Å². The van der Waals surface area contributed by atoms with E-state index in [0.717, 1.165) is 73.6 Å². The Hall–Kier alpha value is -3.51. The second-order valence-corrected chi connectivity index (χ2v) is 11.8. The molecule has 0 spiro atoms. The van der Waals surface area contributed by atoms with Gasteiger partial charge in [-0.15, -0.1) is 0 Å². The molecule has 1 heterocycles. The Labute approximate surface area is 230 Å². The lowest BCUT2D eigenvalue weighted by molar-refractivity contribution is -0.123. The van der Waals surface area contributed by atoms with Gasteiger partial charge >= 0.3 is 0 Å². The van der Waals surface area contributed by atoms with E-state index < -0.39 is 0 Å². The zero-order valence-corrected chi connectivity index (χ0v) is 22.5. The van der Waals surface area contributed by atoms with Crippen LogP contribution in [-0.2, 0) is 15.1 Å². The van der Waals surface area contributed by atoms with Crippen molar-refractivity contribution in [1.82, 2.24) is 10.3 Å². The number of pyridine rings is 1. The summed E-state index contributed by atoms with van der Waals surface area (Å²) in [5.74, 6) is 1.38. The highest BCUT2D eigenvalue weighted by Crippen LogP contribution is 2.40. The van der Waals surface area contributed by atoms with Crippen LogP contribution in [0.15, 0.2) is 66.9 Å². The maximum Gasteiger partial charge on any atom is 0.225 e. The Morgan fingerprint density at radius 2 is 1.56 bits per heavy atom. The Morgan fingerprint density at radius 1 is 0.872 bits per heavy atom. The summed E-state index contributed by atoms with van der Waals surface area (Å²) in [5, 5.41) is 6.25. The lowest BCUT2D eigenvalue weighted by Gasteiger charge is -2.38. The minimum absolute atomic E-state index is 0.00202. The summed E-state index contributed by atoms with van der Waals surface area (Å²) in [5.41, 5.74) is 11.8. The van der Waals surface area contributed by atoms with Gasteiger partial charge in [0.15, 0.2) is 0 Å². The zero-order chi connectivity index (χ0) is 26.8. The summed E-state index contributed by atoms with van der Waals surface area (Å²) >= 11 is 0. The molecule has 0 unspecified atom stereocenters. The molecular formula is C33H38N4O2. The van der Waals surface area contributed by atoms with E-state index in [2.05, 4.69) is 52.0 Å². The van der Waals surface area contributed by atoms with Crippen LogP contribution >= 0.6 is 0 Å². The molecule has 3 saturated carbocycles. The van der Waals surface area contributed by atoms with Crippen LogP contribution < -0.4 is 16.4 Å². The topological polar surface area (TPSA) is 97.1 Å². The second kappa shape index (κ2) is 10.9. The van der Waals surface area contributed by atoms with Gasteiger partial charge in [-0.3, -0.25) is 9.59 Å². The number of aromatic nitrogens is 1. The summed E-state index contributed by atoms with van der Waals surface area (Å²) in [4.78, 5) is 29.7. The largest absolute Gasteiger partial charge is 0.353 e. The summed E-state index contributed by atoms with van der Waals surface area (Å²) in [7, 11) is 0. The molecule has 1 aromatic heterocycles. The van der Waals surface area contributed by atoms with Crippen LogP contribution in [0.4, 0.5) is 5.82 Å². The molecule has 4 N–H and O–H groups in total. The number of nitrogens with one attached hydrogen (secondary N) is 2. The van der Waals surface area contributed by atoms with Crippen LogP contribution in [0.25, 0.3) is 22.3 Å². The molecule has 0 radical (unpaired) electrons. The summed E-state index contributed by atoms with van der Waals surface area (Å²) in [6.45, 7) is 0. The third-order valence-electron chi connectivity index (χ3n) is 8.89. The van der Waals surface area contributed by atoms with Crippen molar-refractivity contribution in [3.63, 3.8) is 0 Å². The van der Waals surface area contributed by atoms with E-state index in [1.807, 2.05) is 30.5 Å². The van der Waals surface area contributed by atoms with Crippen LogP contribution in [0.5, 0.6) is 0 Å². The molecule has 3 fully saturated rings. The predicted molar refractivity (Wildman–Crippen MR) is 155 cm³/mol. The van der Waals surface area contributed by atoms with Crippen LogP contribution in [0.3, 0.4) is 0 Å². The second-order valence-electron chi connectivity index (χ2n) is 11.8. The fourth-order valence-corrected chi connectivity index (χ4v) is 6.07. The first kappa shape index (κ1) is 25.8. The number of hydrogen-bond donors (Lipinski definition) is 3. The van der Waals surface area contributed by atoms with Crippen LogP contribution in [-0.4, -0.2) is 22.8 Å². The number of carbonyl (C=O) groups is 2. The van der Waals surface area contributed by atoms with Crippen molar-refractivity contribution in [3.8, 4) is 22.3 Å². The van der Waals surface area contributed by atoms with Gasteiger partial charge < -0.3 is 16.4 Å². The molecule has 6 nitrogen and oxygen atoms in total. The first-order chi connectivity index (χ1) is 19.0. The number of hydrogen-bond acceptors (Lipinski definition) is 4. The Balaban J connectivity index is 1.13. The Kier molecular flexibility index (Phi) is 7.22. The smallest absolute Gasteiger partial charge is 0.225 e. The fraction of sp³-hybridized carbons (Fsp3) is 0.424. The standard InChI is InChI=1S/C33H38N4O2/c34-33(17-4-18-33)26-13-11-24(12-14-26)29-21-35-30(20-28(29)23-5-2-1-3-6-23)37-31(38)19-22-7-15-27(16-8-22)36-32(39)25-9-10-25/h1-3,5-6,11-14,20-22,25,27H,4,7-10,15-19,34H2,(H,36,39)(H,35,37,38). The predicted octanol–water partition coefficient (Wildman–Crippen LogP) is 6.17. The number of nitrogens with zero attached hydrogens (tertiary/aromatic N) is 1. The third kappa shape index (κ3) is 5.91. The maximum absolute atomic E-state index is 13.0. The molecule has 3 aliphatic carbocycles. The van der Waals surface area contributed by atoms with Crippen molar-refractivity contribution in [3.05, 3.63) is 72.4 Å². The van der Waals surface area contributed by atoms with Crippen molar-refractivity contribution in [2.24, 2.45) is 17.6 Å². The monoisotopic (exact) mass is 522 g/mol. The molecule has 3 aliphatic rings. The molecular weight excluding hydrogens is 484 g/mol. The van der Waals surface area contributed by atoms with Gasteiger partial charge in [0, 0.05) is 35.7 Å². The van der Waals surface area contributed by atoms with Gasteiger partial charge in [0.25, 0.3) is 0 Å². The highest BCUT2D eigenvalue weighted by Gasteiger charge is 2.34. The van der Waals surface area contributed by atoms with Crippen molar-refractivity contribution in [2.45, 2.75) is 75.8 Å². The molecule has 2 aromatic carbocycles. The average Bonchev–Trinajstić information content (AvgIpc) is 3.79. The maximum atomic E-state index is 13.0. The van der Waals surface area contributed by atoms with Crippen molar-refractivity contribution >= 4 is 17.6 Å². The summed E-state index contributed by atoms with van der Waals surface area (Å²) in [6.07, 6.45) is 11.5. The molecule has 3 aromatic rings. The molecule has 0 saturated heterocycles. The number of nitrogens with two attached hydrogens (primary N) is 1. The first-order valence-corrected chi connectivity index (χ1v) is 14.5. The van der Waals surface area contributed by atoms with Crippen molar-refractivity contribution in [1.29, 1.82) is 0 Å². The average molecular weight is 523 g/mol. The number of carbonyl (C=O) groups excluding carboxylic acids is 2. The molecule has 202 valence electrons. The zero-order valence-electron chi connectivity index (χ0n) is 22.5. The highest BCUT2D eigenvalue weighted by atomic mass is 16.2. The lowest BCUT2D eigenvalue weighted by Crippen LogP contribution is -2.43. The minimum Gasteiger partial charge on any atom is -0.353 e. The molecule has 39 heavy (non-hydrogen) atoms. The van der Waals surface area contributed by atoms with Gasteiger partial charge in [-0.2, -0.15) is 0 Å². The van der Waals surface area contributed by atoms with Crippen molar-refractivity contribution < 1.29 is 9.59 Å². The quantitative estimate of drug-likeness (QED) is 0.330. The number of amides is 2. The van der Waals surface area contributed by atoms with Crippen LogP contribution in [0.2, 0.25) is 0 Å². The first-order valence-electron chi connectivity index (χ1n) is 14.5. The van der Waals surface area contributed by atoms with Crippen molar-refractivity contribution in [2.75, 3.05) is 5.32 Å². The molecule has 6 rings (SSSR count).